The van der Waals surface area contributed by atoms with Gasteiger partial charge in [-0.1, -0.05) is 0 Å². The summed E-state index contributed by atoms with van der Waals surface area (Å²) in [5.74, 6) is -1.37. The minimum atomic E-state index is -1.69. The lowest BCUT2D eigenvalue weighted by molar-refractivity contribution is -0.361. The van der Waals surface area contributed by atoms with Crippen LogP contribution in [0.25, 0.3) is 0 Å². The van der Waals surface area contributed by atoms with Crippen molar-refractivity contribution in [3.63, 3.8) is 0 Å². The van der Waals surface area contributed by atoms with Gasteiger partial charge in [0.1, 0.15) is 48.8 Å². The van der Waals surface area contributed by atoms with E-state index in [1.807, 2.05) is 0 Å². The summed E-state index contributed by atoms with van der Waals surface area (Å²) in [4.78, 5) is 0. The maximum absolute atomic E-state index is 10.7. The highest BCUT2D eigenvalue weighted by Gasteiger charge is 2.60. The molecule has 2 saturated heterocycles. The second-order valence-corrected chi connectivity index (χ2v) is 9.67. The SMILES string of the molecule is C[C@]1(O[C@@H]2O[C@H](CO)[C@H](O)[C@H](O)[C@H]2O)C[C@H](O)[C@@H]2C=CO[C@@H](O[C@@H]3O[C@H](CO)[C@@H](O)[C@H](O)[C@H]3O)[C@@H]21. The standard InChI is InChI=1S/C21H34O14/c1-21(35-20-17(30)15(28)13(26)10(6-23)33-20)4-8(24)7-2-3-31-18(11(7)21)34-19-16(29)14(27)12(25)9(5-22)32-19/h2-3,7-20,22-30H,4-6H2,1H3/t7-,8-,9+,10+,11+,12+,13-,14-,15-,16+,17+,18-,19-,20-,21-/m0/s1. The van der Waals surface area contributed by atoms with Crippen LogP contribution < -0.4 is 0 Å². The van der Waals surface area contributed by atoms with Crippen molar-refractivity contribution >= 4 is 0 Å². The largest absolute Gasteiger partial charge is 0.472 e. The van der Waals surface area contributed by atoms with E-state index in [2.05, 4.69) is 0 Å². The molecular weight excluding hydrogens is 476 g/mol. The fourth-order valence-corrected chi connectivity index (χ4v) is 5.33. The molecule has 0 bridgehead atoms. The van der Waals surface area contributed by atoms with Crippen molar-refractivity contribution < 1.29 is 69.6 Å². The van der Waals surface area contributed by atoms with E-state index >= 15 is 0 Å². The molecule has 3 heterocycles. The Morgan fingerprint density at radius 2 is 1.31 bits per heavy atom. The summed E-state index contributed by atoms with van der Waals surface area (Å²) < 4.78 is 28.3. The average Bonchev–Trinajstić information content (AvgIpc) is 3.10. The van der Waals surface area contributed by atoms with Crippen LogP contribution in [0.1, 0.15) is 13.3 Å². The molecule has 4 aliphatic rings. The van der Waals surface area contributed by atoms with E-state index in [-0.39, 0.29) is 6.42 Å². The first kappa shape index (κ1) is 27.1. The van der Waals surface area contributed by atoms with Crippen molar-refractivity contribution in [2.24, 2.45) is 11.8 Å². The van der Waals surface area contributed by atoms with Crippen LogP contribution in [0.15, 0.2) is 12.3 Å². The van der Waals surface area contributed by atoms with Crippen molar-refractivity contribution in [3.8, 4) is 0 Å². The van der Waals surface area contributed by atoms with E-state index < -0.39 is 104 Å². The third-order valence-electron chi connectivity index (χ3n) is 7.34. The normalized spacial score (nSPS) is 54.3. The van der Waals surface area contributed by atoms with Gasteiger partial charge in [0.15, 0.2) is 12.6 Å². The molecule has 14 nitrogen and oxygen atoms in total. The summed E-state index contributed by atoms with van der Waals surface area (Å²) in [5, 5.41) is 90.6. The van der Waals surface area contributed by atoms with Gasteiger partial charge < -0.3 is 69.6 Å². The van der Waals surface area contributed by atoms with Crippen molar-refractivity contribution in [1.82, 2.24) is 0 Å². The zero-order valence-electron chi connectivity index (χ0n) is 18.9. The van der Waals surface area contributed by atoms with Crippen molar-refractivity contribution in [3.05, 3.63) is 12.3 Å². The van der Waals surface area contributed by atoms with Gasteiger partial charge in [-0.3, -0.25) is 0 Å². The Labute approximate surface area is 200 Å². The molecule has 0 spiro atoms. The van der Waals surface area contributed by atoms with Gasteiger partial charge in [0.2, 0.25) is 6.29 Å². The summed E-state index contributed by atoms with van der Waals surface area (Å²) in [7, 11) is 0. The van der Waals surface area contributed by atoms with Crippen molar-refractivity contribution in [1.29, 1.82) is 0 Å². The third-order valence-corrected chi connectivity index (χ3v) is 7.34. The Kier molecular flexibility index (Phi) is 8.05. The van der Waals surface area contributed by atoms with E-state index in [4.69, 9.17) is 23.7 Å². The van der Waals surface area contributed by atoms with Crippen LogP contribution in [-0.4, -0.2) is 139 Å². The smallest absolute Gasteiger partial charge is 0.207 e. The summed E-state index contributed by atoms with van der Waals surface area (Å²) >= 11 is 0. The molecule has 35 heavy (non-hydrogen) atoms. The van der Waals surface area contributed by atoms with Gasteiger partial charge >= 0.3 is 0 Å². The first-order valence-corrected chi connectivity index (χ1v) is 11.5. The second-order valence-electron chi connectivity index (χ2n) is 9.67. The number of aliphatic hydroxyl groups is 9. The number of hydrogen-bond donors (Lipinski definition) is 9. The molecule has 0 aromatic heterocycles. The van der Waals surface area contributed by atoms with E-state index in [1.165, 1.54) is 6.26 Å². The van der Waals surface area contributed by atoms with Crippen LogP contribution in [0.3, 0.4) is 0 Å². The van der Waals surface area contributed by atoms with Crippen LogP contribution >= 0.6 is 0 Å². The fraction of sp³-hybridized carbons (Fsp3) is 0.905. The zero-order valence-corrected chi connectivity index (χ0v) is 18.9. The molecule has 0 aromatic rings. The Bertz CT molecular complexity index is 750. The molecule has 0 aromatic carbocycles. The molecule has 3 fully saturated rings. The maximum Gasteiger partial charge on any atom is 0.207 e. The highest BCUT2D eigenvalue weighted by atomic mass is 16.8. The van der Waals surface area contributed by atoms with Crippen LogP contribution in [0.4, 0.5) is 0 Å². The van der Waals surface area contributed by atoms with E-state index in [0.29, 0.717) is 0 Å². The molecule has 0 unspecified atom stereocenters. The highest BCUT2D eigenvalue weighted by molar-refractivity contribution is 5.11. The summed E-state index contributed by atoms with van der Waals surface area (Å²) in [5.41, 5.74) is -1.32. The summed E-state index contributed by atoms with van der Waals surface area (Å²) in [6, 6.07) is 0. The minimum absolute atomic E-state index is 0.0135. The highest BCUT2D eigenvalue weighted by Crippen LogP contribution is 2.50. The molecule has 0 radical (unpaired) electrons. The Morgan fingerprint density at radius 1 is 0.771 bits per heavy atom. The van der Waals surface area contributed by atoms with Crippen LogP contribution in [0.5, 0.6) is 0 Å². The van der Waals surface area contributed by atoms with E-state index in [1.54, 1.807) is 13.0 Å². The van der Waals surface area contributed by atoms with Crippen molar-refractivity contribution in [2.45, 2.75) is 92.8 Å². The number of rotatable bonds is 6. The zero-order chi connectivity index (χ0) is 25.7. The quantitative estimate of drug-likeness (QED) is 0.163. The van der Waals surface area contributed by atoms with Crippen molar-refractivity contribution in [2.75, 3.05) is 13.2 Å². The van der Waals surface area contributed by atoms with Crippen LogP contribution in [0.2, 0.25) is 0 Å². The first-order chi connectivity index (χ1) is 16.5. The average molecular weight is 510 g/mol. The molecule has 1 saturated carbocycles. The Balaban J connectivity index is 1.55. The third kappa shape index (κ3) is 4.84. The van der Waals surface area contributed by atoms with E-state index in [0.717, 1.165) is 0 Å². The van der Waals surface area contributed by atoms with Gasteiger partial charge in [-0.2, -0.15) is 0 Å². The van der Waals surface area contributed by atoms with E-state index in [9.17, 15) is 46.0 Å². The predicted octanol–water partition coefficient (Wildman–Crippen LogP) is -4.75. The van der Waals surface area contributed by atoms with Gasteiger partial charge in [-0.15, -0.1) is 0 Å². The molecule has 3 aliphatic heterocycles. The fourth-order valence-electron chi connectivity index (χ4n) is 5.33. The Morgan fingerprint density at radius 3 is 1.89 bits per heavy atom. The molecule has 0 amide bonds. The number of ether oxygens (including phenoxy) is 5. The lowest BCUT2D eigenvalue weighted by Gasteiger charge is -2.47. The molecule has 202 valence electrons. The topological polar surface area (TPSA) is 228 Å². The van der Waals surface area contributed by atoms with Crippen LogP contribution in [0, 0.1) is 11.8 Å². The lowest BCUT2D eigenvalue weighted by atomic mass is 9.84. The molecule has 4 rings (SSSR count). The summed E-state index contributed by atoms with van der Waals surface area (Å²) in [6.45, 7) is 0.290. The number of fused-ring (bicyclic) bond motifs is 1. The second kappa shape index (κ2) is 10.4. The van der Waals surface area contributed by atoms with Crippen LogP contribution in [-0.2, 0) is 23.7 Å². The van der Waals surface area contributed by atoms with Gasteiger partial charge in [0.05, 0.1) is 37.1 Å². The minimum Gasteiger partial charge on any atom is -0.472 e. The van der Waals surface area contributed by atoms with Gasteiger partial charge in [0.25, 0.3) is 0 Å². The van der Waals surface area contributed by atoms with Gasteiger partial charge in [-0.25, -0.2) is 0 Å². The molecule has 1 aliphatic carbocycles. The first-order valence-electron chi connectivity index (χ1n) is 11.5. The van der Waals surface area contributed by atoms with Gasteiger partial charge in [-0.05, 0) is 13.0 Å². The summed E-state index contributed by atoms with van der Waals surface area (Å²) in [6.07, 6.45) is -14.6. The number of hydrogen-bond acceptors (Lipinski definition) is 14. The van der Waals surface area contributed by atoms with Gasteiger partial charge in [0, 0.05) is 12.3 Å². The lowest BCUT2D eigenvalue weighted by Crippen LogP contribution is -2.62. The molecule has 15 atom stereocenters. The molecular formula is C21H34O14. The molecule has 14 heteroatoms. The monoisotopic (exact) mass is 510 g/mol. The molecule has 9 N–H and O–H groups in total. The predicted molar refractivity (Wildman–Crippen MR) is 110 cm³/mol. The maximum atomic E-state index is 10.7. The number of aliphatic hydroxyl groups excluding tert-OH is 9. The Hall–Kier alpha value is -0.980.